The van der Waals surface area contributed by atoms with Gasteiger partial charge >= 0.3 is 6.09 Å². The van der Waals surface area contributed by atoms with Gasteiger partial charge in [0.15, 0.2) is 0 Å². The van der Waals surface area contributed by atoms with Crippen LogP contribution < -0.4 is 10.6 Å². The van der Waals surface area contributed by atoms with Gasteiger partial charge in [-0.2, -0.15) is 0 Å². The number of nitrogens with one attached hydrogen (secondary N) is 2. The molecule has 2 rings (SSSR count). The highest BCUT2D eigenvalue weighted by molar-refractivity contribution is 5.68. The number of benzene rings is 1. The summed E-state index contributed by atoms with van der Waals surface area (Å²) in [4.78, 5) is 11.8. The van der Waals surface area contributed by atoms with Crippen LogP contribution >= 0.6 is 0 Å². The van der Waals surface area contributed by atoms with Crippen molar-refractivity contribution in [2.45, 2.75) is 71.1 Å². The molecule has 23 heavy (non-hydrogen) atoms. The third-order valence-electron chi connectivity index (χ3n) is 3.99. The molecule has 1 aromatic carbocycles. The number of amides is 1. The molecule has 0 radical (unpaired) electrons. The van der Waals surface area contributed by atoms with Crippen LogP contribution in [0.1, 0.15) is 52.0 Å². The number of ether oxygens (including phenoxy) is 1. The molecule has 1 fully saturated rings. The standard InChI is InChI=1S/C18H27FN2O2/c1-12-5-6-15(11-16(12)19)20-13-7-9-14(10-8-13)21-17(22)23-18(2,3)4/h5-6,11,13-14,20H,7-10H2,1-4H3,(H,21,22). The first-order chi connectivity index (χ1) is 10.7. The molecule has 0 unspecified atom stereocenters. The molecule has 0 saturated heterocycles. The van der Waals surface area contributed by atoms with Crippen molar-refractivity contribution in [2.75, 3.05) is 5.32 Å². The second-order valence-electron chi connectivity index (χ2n) is 7.30. The average Bonchev–Trinajstić information content (AvgIpc) is 2.43. The molecule has 5 heteroatoms. The van der Waals surface area contributed by atoms with E-state index in [-0.39, 0.29) is 18.0 Å². The normalized spacial score (nSPS) is 21.6. The van der Waals surface area contributed by atoms with Crippen LogP contribution in [0.3, 0.4) is 0 Å². The summed E-state index contributed by atoms with van der Waals surface area (Å²) in [6.07, 6.45) is 3.32. The third kappa shape index (κ3) is 5.73. The van der Waals surface area contributed by atoms with Crippen LogP contribution in [0.4, 0.5) is 14.9 Å². The van der Waals surface area contributed by atoms with E-state index in [1.165, 1.54) is 0 Å². The molecule has 0 aliphatic heterocycles. The van der Waals surface area contributed by atoms with E-state index in [9.17, 15) is 9.18 Å². The van der Waals surface area contributed by atoms with Crippen LogP contribution in [0.2, 0.25) is 0 Å². The highest BCUT2D eigenvalue weighted by Gasteiger charge is 2.24. The molecule has 1 aliphatic rings. The fourth-order valence-electron chi connectivity index (χ4n) is 2.77. The van der Waals surface area contributed by atoms with Gasteiger partial charge in [-0.25, -0.2) is 9.18 Å². The Morgan fingerprint density at radius 1 is 1.17 bits per heavy atom. The zero-order valence-corrected chi connectivity index (χ0v) is 14.4. The van der Waals surface area contributed by atoms with Crippen molar-refractivity contribution in [1.82, 2.24) is 5.32 Å². The summed E-state index contributed by atoms with van der Waals surface area (Å²) in [6.45, 7) is 7.32. The Labute approximate surface area is 137 Å². The van der Waals surface area contributed by atoms with Crippen molar-refractivity contribution in [3.05, 3.63) is 29.6 Å². The summed E-state index contributed by atoms with van der Waals surface area (Å²) < 4.78 is 18.9. The maximum atomic E-state index is 13.6. The summed E-state index contributed by atoms with van der Waals surface area (Å²) in [7, 11) is 0. The first-order valence-corrected chi connectivity index (χ1v) is 8.25. The van der Waals surface area contributed by atoms with E-state index in [1.807, 2.05) is 26.8 Å². The summed E-state index contributed by atoms with van der Waals surface area (Å²) in [5.74, 6) is -0.185. The zero-order chi connectivity index (χ0) is 17.0. The first-order valence-electron chi connectivity index (χ1n) is 8.25. The molecule has 0 spiro atoms. The van der Waals surface area contributed by atoms with E-state index in [0.29, 0.717) is 11.6 Å². The largest absolute Gasteiger partial charge is 0.444 e. The van der Waals surface area contributed by atoms with Crippen LogP contribution in [-0.4, -0.2) is 23.8 Å². The number of carbonyl (C=O) groups is 1. The number of rotatable bonds is 3. The number of hydrogen-bond donors (Lipinski definition) is 2. The maximum Gasteiger partial charge on any atom is 0.407 e. The molecule has 128 valence electrons. The van der Waals surface area contributed by atoms with E-state index < -0.39 is 5.60 Å². The van der Waals surface area contributed by atoms with Crippen molar-refractivity contribution in [3.63, 3.8) is 0 Å². The quantitative estimate of drug-likeness (QED) is 0.868. The Morgan fingerprint density at radius 3 is 2.35 bits per heavy atom. The van der Waals surface area contributed by atoms with Crippen molar-refractivity contribution >= 4 is 11.8 Å². The van der Waals surface area contributed by atoms with Gasteiger partial charge in [0.25, 0.3) is 0 Å². The lowest BCUT2D eigenvalue weighted by molar-refractivity contribution is 0.0492. The summed E-state index contributed by atoms with van der Waals surface area (Å²) >= 11 is 0. The average molecular weight is 322 g/mol. The van der Waals surface area contributed by atoms with Crippen molar-refractivity contribution in [3.8, 4) is 0 Å². The molecule has 2 N–H and O–H groups in total. The second kappa shape index (κ2) is 7.20. The van der Waals surface area contributed by atoms with E-state index in [0.717, 1.165) is 31.4 Å². The summed E-state index contributed by atoms with van der Waals surface area (Å²) in [5, 5.41) is 6.30. The van der Waals surface area contributed by atoms with Crippen LogP contribution in [-0.2, 0) is 4.74 Å². The lowest BCUT2D eigenvalue weighted by Gasteiger charge is -2.31. The number of aryl methyl sites for hydroxylation is 1. The molecule has 1 aromatic rings. The predicted molar refractivity (Wildman–Crippen MR) is 90.2 cm³/mol. The Kier molecular flexibility index (Phi) is 5.50. The lowest BCUT2D eigenvalue weighted by Crippen LogP contribution is -2.42. The lowest BCUT2D eigenvalue weighted by atomic mass is 9.91. The topological polar surface area (TPSA) is 50.4 Å². The van der Waals surface area contributed by atoms with E-state index in [4.69, 9.17) is 4.74 Å². The fraction of sp³-hybridized carbons (Fsp3) is 0.611. The molecule has 0 bridgehead atoms. The summed E-state index contributed by atoms with van der Waals surface area (Å²) in [6, 6.07) is 5.70. The minimum absolute atomic E-state index is 0.151. The van der Waals surface area contributed by atoms with Gasteiger partial charge in [0.2, 0.25) is 0 Å². The zero-order valence-electron chi connectivity index (χ0n) is 14.4. The van der Waals surface area contributed by atoms with Crippen LogP contribution in [0.15, 0.2) is 18.2 Å². The van der Waals surface area contributed by atoms with Crippen LogP contribution in [0, 0.1) is 12.7 Å². The molecule has 1 amide bonds. The maximum absolute atomic E-state index is 13.6. The number of carbonyl (C=O) groups excluding carboxylic acids is 1. The van der Waals surface area contributed by atoms with Crippen LogP contribution in [0.5, 0.6) is 0 Å². The van der Waals surface area contributed by atoms with Gasteiger partial charge in [0, 0.05) is 17.8 Å². The molecule has 0 atom stereocenters. The Morgan fingerprint density at radius 2 is 1.78 bits per heavy atom. The molecule has 1 saturated carbocycles. The molecule has 1 aliphatic carbocycles. The van der Waals surface area contributed by atoms with Gasteiger partial charge in [-0.05, 0) is 71.1 Å². The van der Waals surface area contributed by atoms with Gasteiger partial charge in [0.1, 0.15) is 11.4 Å². The van der Waals surface area contributed by atoms with Crippen molar-refractivity contribution in [1.29, 1.82) is 0 Å². The highest BCUT2D eigenvalue weighted by Crippen LogP contribution is 2.23. The number of anilines is 1. The van der Waals surface area contributed by atoms with Gasteiger partial charge in [-0.1, -0.05) is 6.07 Å². The Balaban J connectivity index is 1.77. The molecular weight excluding hydrogens is 295 g/mol. The molecule has 4 nitrogen and oxygen atoms in total. The molecular formula is C18H27FN2O2. The SMILES string of the molecule is Cc1ccc(NC2CCC(NC(=O)OC(C)(C)C)CC2)cc1F. The fourth-order valence-corrected chi connectivity index (χ4v) is 2.77. The molecule has 0 heterocycles. The van der Waals surface area contributed by atoms with E-state index >= 15 is 0 Å². The second-order valence-corrected chi connectivity index (χ2v) is 7.30. The Hall–Kier alpha value is -1.78. The summed E-state index contributed by atoms with van der Waals surface area (Å²) in [5.41, 5.74) is 0.996. The molecule has 0 aromatic heterocycles. The van der Waals surface area contributed by atoms with Crippen LogP contribution in [0.25, 0.3) is 0 Å². The van der Waals surface area contributed by atoms with E-state index in [2.05, 4.69) is 10.6 Å². The number of halogens is 1. The van der Waals surface area contributed by atoms with Gasteiger partial charge in [-0.3, -0.25) is 0 Å². The third-order valence-corrected chi connectivity index (χ3v) is 3.99. The van der Waals surface area contributed by atoms with Gasteiger partial charge in [0.05, 0.1) is 0 Å². The monoisotopic (exact) mass is 322 g/mol. The van der Waals surface area contributed by atoms with Crippen molar-refractivity contribution in [2.24, 2.45) is 0 Å². The number of alkyl carbamates (subject to hydrolysis) is 1. The minimum atomic E-state index is -0.474. The van der Waals surface area contributed by atoms with Gasteiger partial charge < -0.3 is 15.4 Å². The smallest absolute Gasteiger partial charge is 0.407 e. The number of hydrogen-bond acceptors (Lipinski definition) is 3. The predicted octanol–water partition coefficient (Wildman–Crippen LogP) is 4.38. The Bertz CT molecular complexity index is 546. The van der Waals surface area contributed by atoms with E-state index in [1.54, 1.807) is 19.1 Å². The first kappa shape index (κ1) is 17.6. The van der Waals surface area contributed by atoms with Gasteiger partial charge in [-0.15, -0.1) is 0 Å². The minimum Gasteiger partial charge on any atom is -0.444 e. The highest BCUT2D eigenvalue weighted by atomic mass is 19.1. The van der Waals surface area contributed by atoms with Crippen molar-refractivity contribution < 1.29 is 13.9 Å².